The summed E-state index contributed by atoms with van der Waals surface area (Å²) in [4.78, 5) is 75.8. The molecule has 1 aromatic carbocycles. The van der Waals surface area contributed by atoms with E-state index >= 15 is 0 Å². The highest BCUT2D eigenvalue weighted by molar-refractivity contribution is 8.00. The van der Waals surface area contributed by atoms with Gasteiger partial charge in [0.05, 0.1) is 0 Å². The fourth-order valence-corrected chi connectivity index (χ4v) is 4.66. The van der Waals surface area contributed by atoms with Gasteiger partial charge < -0.3 is 26.2 Å². The summed E-state index contributed by atoms with van der Waals surface area (Å²) in [5.41, 5.74) is 0.443. The van der Waals surface area contributed by atoms with Crippen LogP contribution in [0.3, 0.4) is 0 Å². The minimum Gasteiger partial charge on any atom is -0.356 e. The molecule has 2 fully saturated rings. The molecule has 35 heavy (non-hydrogen) atoms. The van der Waals surface area contributed by atoms with Crippen LogP contribution in [-0.4, -0.2) is 88.7 Å². The molecule has 0 bridgehead atoms. The molecular weight excluding hydrogens is 476 g/mol. The second kappa shape index (κ2) is 11.7. The average molecular weight is 505 g/mol. The van der Waals surface area contributed by atoms with Gasteiger partial charge in [0, 0.05) is 38.9 Å². The van der Waals surface area contributed by atoms with E-state index in [1.54, 1.807) is 37.3 Å². The zero-order chi connectivity index (χ0) is 25.5. The van der Waals surface area contributed by atoms with Crippen molar-refractivity contribution < 1.29 is 28.8 Å². The molecule has 3 rings (SSSR count). The Balaban J connectivity index is 1.67. The fraction of sp³-hybridized carbons (Fsp3) is 0.455. The highest BCUT2D eigenvalue weighted by Gasteiger charge is 2.42. The third kappa shape index (κ3) is 6.29. The Kier molecular flexibility index (Phi) is 8.68. The van der Waals surface area contributed by atoms with Crippen LogP contribution in [0.2, 0.25) is 0 Å². The number of nitrogens with one attached hydrogen (secondary N) is 4. The molecule has 188 valence electrons. The highest BCUT2D eigenvalue weighted by Crippen LogP contribution is 2.21. The predicted molar refractivity (Wildman–Crippen MR) is 127 cm³/mol. The molecule has 13 heteroatoms. The summed E-state index contributed by atoms with van der Waals surface area (Å²) < 4.78 is 0. The number of nitrogens with zero attached hydrogens (tertiary/aromatic N) is 2. The first-order valence-electron chi connectivity index (χ1n) is 11.2. The van der Waals surface area contributed by atoms with Gasteiger partial charge in [0.15, 0.2) is 0 Å². The smallest absolute Gasteiger partial charge is 0.325 e. The molecule has 0 spiro atoms. The lowest BCUT2D eigenvalue weighted by Crippen LogP contribution is -2.68. The molecule has 3 atom stereocenters. The Morgan fingerprint density at radius 2 is 1.83 bits per heavy atom. The van der Waals surface area contributed by atoms with Crippen LogP contribution in [0, 0.1) is 0 Å². The van der Waals surface area contributed by atoms with Gasteiger partial charge in [0.2, 0.25) is 17.7 Å². The molecule has 7 amide bonds. The largest absolute Gasteiger partial charge is 0.356 e. The van der Waals surface area contributed by atoms with Crippen LogP contribution in [-0.2, 0) is 24.0 Å². The second-order valence-corrected chi connectivity index (χ2v) is 9.15. The molecule has 2 aliphatic heterocycles. The molecule has 12 nitrogen and oxygen atoms in total. The zero-order valence-corrected chi connectivity index (χ0v) is 20.2. The average Bonchev–Trinajstić information content (AvgIpc) is 2.84. The van der Waals surface area contributed by atoms with Crippen LogP contribution in [0.5, 0.6) is 0 Å². The van der Waals surface area contributed by atoms with Crippen molar-refractivity contribution in [3.63, 3.8) is 0 Å². The number of carbonyl (C=O) groups is 6. The molecule has 0 unspecified atom stereocenters. The van der Waals surface area contributed by atoms with Crippen molar-refractivity contribution in [1.29, 1.82) is 0 Å². The number of piperazine rings is 1. The van der Waals surface area contributed by atoms with Crippen LogP contribution >= 0.6 is 11.8 Å². The van der Waals surface area contributed by atoms with E-state index < -0.39 is 41.2 Å². The fourth-order valence-electron chi connectivity index (χ4n) is 3.60. The highest BCUT2D eigenvalue weighted by atomic mass is 32.2. The number of thioether (sulfide) groups is 1. The maximum Gasteiger partial charge on any atom is 0.325 e. The minimum absolute atomic E-state index is 0.00538. The number of β-lactam (4-membered cyclic amide) rings is 1. The van der Waals surface area contributed by atoms with Crippen LogP contribution in [0.4, 0.5) is 4.79 Å². The maximum atomic E-state index is 13.2. The molecule has 2 saturated heterocycles. The summed E-state index contributed by atoms with van der Waals surface area (Å²) in [5, 5.41) is 10.1. The van der Waals surface area contributed by atoms with Gasteiger partial charge in [-0.25, -0.2) is 4.79 Å². The molecule has 4 N–H and O–H groups in total. The van der Waals surface area contributed by atoms with Crippen molar-refractivity contribution in [2.24, 2.45) is 0 Å². The number of imide groups is 1. The molecule has 0 saturated carbocycles. The summed E-state index contributed by atoms with van der Waals surface area (Å²) in [6, 6.07) is 5.48. The lowest BCUT2D eigenvalue weighted by atomic mass is 10.0. The van der Waals surface area contributed by atoms with Crippen LogP contribution in [0.25, 0.3) is 0 Å². The summed E-state index contributed by atoms with van der Waals surface area (Å²) in [7, 11) is 0. The minimum atomic E-state index is -1.20. The lowest BCUT2D eigenvalue weighted by Gasteiger charge is -2.37. The van der Waals surface area contributed by atoms with E-state index in [1.165, 1.54) is 23.6 Å². The molecule has 2 aliphatic rings. The molecule has 0 radical (unpaired) electrons. The van der Waals surface area contributed by atoms with Crippen molar-refractivity contribution in [1.82, 2.24) is 31.1 Å². The Bertz CT molecular complexity index is 1010. The first kappa shape index (κ1) is 26.0. The third-order valence-corrected chi connectivity index (χ3v) is 6.73. The van der Waals surface area contributed by atoms with Gasteiger partial charge in [-0.05, 0) is 12.5 Å². The van der Waals surface area contributed by atoms with E-state index in [4.69, 9.17) is 0 Å². The van der Waals surface area contributed by atoms with Crippen molar-refractivity contribution in [2.75, 3.05) is 31.9 Å². The van der Waals surface area contributed by atoms with Crippen LogP contribution in [0.1, 0.15) is 25.5 Å². The third-order valence-electron chi connectivity index (χ3n) is 5.54. The lowest BCUT2D eigenvalue weighted by molar-refractivity contribution is -0.153. The van der Waals surface area contributed by atoms with E-state index in [9.17, 15) is 28.8 Å². The first-order valence-corrected chi connectivity index (χ1v) is 12.2. The molecular formula is C22H28N6O6S. The van der Waals surface area contributed by atoms with E-state index in [0.717, 1.165) is 4.90 Å². The molecule has 1 aromatic rings. The quantitative estimate of drug-likeness (QED) is 0.190. The number of carbonyl (C=O) groups excluding carboxylic acids is 6. The Hall–Kier alpha value is -3.61. The van der Waals surface area contributed by atoms with Gasteiger partial charge in [-0.15, -0.1) is 11.8 Å². The summed E-state index contributed by atoms with van der Waals surface area (Å²) >= 11 is 1.36. The summed E-state index contributed by atoms with van der Waals surface area (Å²) in [6.07, 6.45) is 0. The normalized spacial score (nSPS) is 20.5. The number of amides is 7. The van der Waals surface area contributed by atoms with Gasteiger partial charge in [-0.1, -0.05) is 30.3 Å². The number of likely N-dealkylation sites (N-methyl/N-ethyl adjacent to an activating group) is 1. The SMILES string of the molecule is CCN1CCN(C(=O)N[C@@H](C(=O)N[C@@H]2C(=O)N[C@@H]2SCCNC(C)=O)c2ccccc2)C(=O)C1=O. The molecule has 0 aromatic heterocycles. The van der Waals surface area contributed by atoms with E-state index in [0.29, 0.717) is 24.4 Å². The Morgan fingerprint density at radius 1 is 1.11 bits per heavy atom. The van der Waals surface area contributed by atoms with Crippen LogP contribution < -0.4 is 21.3 Å². The van der Waals surface area contributed by atoms with Crippen LogP contribution in [0.15, 0.2) is 30.3 Å². The van der Waals surface area contributed by atoms with Gasteiger partial charge in [-0.3, -0.25) is 28.9 Å². The predicted octanol–water partition coefficient (Wildman–Crippen LogP) is -1.06. The van der Waals surface area contributed by atoms with Gasteiger partial charge >= 0.3 is 17.8 Å². The summed E-state index contributed by atoms with van der Waals surface area (Å²) in [5.74, 6) is -2.38. The van der Waals surface area contributed by atoms with Crippen molar-refractivity contribution in [2.45, 2.75) is 31.3 Å². The van der Waals surface area contributed by atoms with E-state index in [-0.39, 0.29) is 24.9 Å². The number of benzene rings is 1. The molecule has 0 aliphatic carbocycles. The molecule has 2 heterocycles. The van der Waals surface area contributed by atoms with Gasteiger partial charge in [-0.2, -0.15) is 0 Å². The van der Waals surface area contributed by atoms with Crippen molar-refractivity contribution in [3.8, 4) is 0 Å². The monoisotopic (exact) mass is 504 g/mol. The number of rotatable bonds is 9. The van der Waals surface area contributed by atoms with E-state index in [1.807, 2.05) is 0 Å². The first-order chi connectivity index (χ1) is 16.7. The topological polar surface area (TPSA) is 157 Å². The second-order valence-electron chi connectivity index (χ2n) is 7.90. The summed E-state index contributed by atoms with van der Waals surface area (Å²) in [6.45, 7) is 4.11. The van der Waals surface area contributed by atoms with Gasteiger partial charge in [0.1, 0.15) is 17.5 Å². The van der Waals surface area contributed by atoms with Gasteiger partial charge in [0.25, 0.3) is 0 Å². The zero-order valence-electron chi connectivity index (χ0n) is 19.4. The number of hydrogen-bond acceptors (Lipinski definition) is 7. The Morgan fingerprint density at radius 3 is 2.46 bits per heavy atom. The van der Waals surface area contributed by atoms with Crippen molar-refractivity contribution >= 4 is 47.3 Å². The standard InChI is InChI=1S/C22H28N6O6S/c1-3-27-10-11-28(21(33)20(27)32)22(34)25-15(14-7-5-4-6-8-14)17(30)24-16-18(31)26-19(16)35-12-9-23-13(2)29/h4-8,15-16,19H,3,9-12H2,1-2H3,(H,23,29)(H,24,30)(H,25,34)(H,26,31)/t15-,16-,19-/m1/s1. The number of urea groups is 1. The van der Waals surface area contributed by atoms with E-state index in [2.05, 4.69) is 21.3 Å². The Labute approximate surface area is 206 Å². The van der Waals surface area contributed by atoms with Crippen molar-refractivity contribution in [3.05, 3.63) is 35.9 Å². The number of hydrogen-bond donors (Lipinski definition) is 4. The maximum absolute atomic E-state index is 13.2.